The number of benzene rings is 1. The normalized spacial score (nSPS) is 10.9. The Morgan fingerprint density at radius 2 is 1.83 bits per heavy atom. The Labute approximate surface area is 150 Å². The molecule has 0 fully saturated rings. The van der Waals surface area contributed by atoms with E-state index in [4.69, 9.17) is 35.4 Å². The van der Waals surface area contributed by atoms with E-state index in [-0.39, 0.29) is 16.6 Å². The molecule has 1 aromatic carbocycles. The summed E-state index contributed by atoms with van der Waals surface area (Å²) in [6, 6.07) is 4.57. The fourth-order valence-corrected chi connectivity index (χ4v) is 1.91. The minimum Gasteiger partial charge on any atom is -0.456 e. The van der Waals surface area contributed by atoms with Crippen LogP contribution in [0.1, 0.15) is 12.8 Å². The van der Waals surface area contributed by atoms with E-state index in [1.165, 1.54) is 12.1 Å². The maximum absolute atomic E-state index is 11.8. The van der Waals surface area contributed by atoms with Gasteiger partial charge in [0.15, 0.2) is 11.7 Å². The summed E-state index contributed by atoms with van der Waals surface area (Å²) in [6.45, 7) is -1.69. The van der Waals surface area contributed by atoms with Crippen molar-refractivity contribution in [1.29, 1.82) is 0 Å². The third kappa shape index (κ3) is 8.32. The lowest BCUT2D eigenvalue weighted by Gasteiger charge is -2.10. The average Bonchev–Trinajstić information content (AvgIpc) is 2.46. The summed E-state index contributed by atoms with van der Waals surface area (Å²) in [5.74, 6) is -1.79. The average molecular weight is 403 g/mol. The first-order chi connectivity index (χ1) is 11.1. The molecule has 0 bridgehead atoms. The van der Waals surface area contributed by atoms with Gasteiger partial charge in [-0.3, -0.25) is 9.59 Å². The van der Waals surface area contributed by atoms with Crippen LogP contribution in [0.2, 0.25) is 10.0 Å². The molecule has 0 aromatic heterocycles. The summed E-state index contributed by atoms with van der Waals surface area (Å²) in [7, 11) is 0. The minimum atomic E-state index is -4.61. The number of rotatable bonds is 5. The van der Waals surface area contributed by atoms with E-state index in [1.807, 2.05) is 0 Å². The van der Waals surface area contributed by atoms with Crippen LogP contribution in [-0.2, 0) is 14.3 Å². The van der Waals surface area contributed by atoms with Gasteiger partial charge in [-0.1, -0.05) is 23.2 Å². The van der Waals surface area contributed by atoms with Gasteiger partial charge >= 0.3 is 12.1 Å². The van der Waals surface area contributed by atoms with Crippen molar-refractivity contribution in [1.82, 2.24) is 5.32 Å². The highest BCUT2D eigenvalue weighted by Gasteiger charge is 2.29. The van der Waals surface area contributed by atoms with Gasteiger partial charge in [0, 0.05) is 12.1 Å². The second-order valence-corrected chi connectivity index (χ2v) is 5.63. The first-order valence-corrected chi connectivity index (χ1v) is 7.51. The van der Waals surface area contributed by atoms with Gasteiger partial charge in [0.25, 0.3) is 0 Å². The molecule has 5 nitrogen and oxygen atoms in total. The lowest BCUT2D eigenvalue weighted by molar-refractivity contribution is -0.186. The van der Waals surface area contributed by atoms with Crippen LogP contribution in [0, 0.1) is 0 Å². The number of hydrogen-bond donors (Lipinski definition) is 2. The highest BCUT2D eigenvalue weighted by molar-refractivity contribution is 7.80. The molecule has 0 saturated heterocycles. The van der Waals surface area contributed by atoms with Gasteiger partial charge in [0.2, 0.25) is 5.91 Å². The zero-order valence-corrected chi connectivity index (χ0v) is 14.2. The number of alkyl halides is 3. The molecule has 2 N–H and O–H groups in total. The standard InChI is InChI=1S/C13H11Cl2F3N2O3S/c14-8-2-1-7(5-9(8)15)19-12(24)20-10(21)3-4-11(22)23-6-13(16,17)18/h1-2,5H,3-4,6H2,(H2,19,20,21,24). The van der Waals surface area contributed by atoms with E-state index in [2.05, 4.69) is 15.4 Å². The summed E-state index contributed by atoms with van der Waals surface area (Å²) in [5.41, 5.74) is 0.472. The first-order valence-electron chi connectivity index (χ1n) is 6.35. The summed E-state index contributed by atoms with van der Waals surface area (Å²) in [5, 5.41) is 5.49. The van der Waals surface area contributed by atoms with Gasteiger partial charge in [0.1, 0.15) is 0 Å². The number of amides is 1. The predicted octanol–water partition coefficient (Wildman–Crippen LogP) is 3.69. The van der Waals surface area contributed by atoms with E-state index in [1.54, 1.807) is 6.07 Å². The molecular weight excluding hydrogens is 392 g/mol. The molecular formula is C13H11Cl2F3N2O3S. The second-order valence-electron chi connectivity index (χ2n) is 4.41. The number of thiocarbonyl (C=S) groups is 1. The molecule has 0 aliphatic rings. The molecule has 0 aliphatic carbocycles. The lowest BCUT2D eigenvalue weighted by Crippen LogP contribution is -2.34. The summed E-state index contributed by atoms with van der Waals surface area (Å²) in [4.78, 5) is 22.6. The predicted molar refractivity (Wildman–Crippen MR) is 87.1 cm³/mol. The van der Waals surface area contributed by atoms with Crippen LogP contribution in [0.25, 0.3) is 0 Å². The molecule has 1 amide bonds. The lowest BCUT2D eigenvalue weighted by atomic mass is 10.3. The smallest absolute Gasteiger partial charge is 0.422 e. The molecule has 11 heteroatoms. The van der Waals surface area contributed by atoms with Crippen LogP contribution in [0.4, 0.5) is 18.9 Å². The quantitative estimate of drug-likeness (QED) is 0.580. The molecule has 0 aliphatic heterocycles. The third-order valence-corrected chi connectivity index (χ3v) is 3.33. The third-order valence-electron chi connectivity index (χ3n) is 2.38. The number of halogens is 5. The summed E-state index contributed by atoms with van der Waals surface area (Å²) < 4.78 is 39.5. The maximum atomic E-state index is 11.8. The number of hydrogen-bond acceptors (Lipinski definition) is 4. The van der Waals surface area contributed by atoms with Gasteiger partial charge in [-0.2, -0.15) is 13.2 Å². The molecule has 0 unspecified atom stereocenters. The second kappa shape index (κ2) is 9.05. The van der Waals surface area contributed by atoms with Gasteiger partial charge in [-0.25, -0.2) is 0 Å². The number of ether oxygens (including phenoxy) is 1. The fraction of sp³-hybridized carbons (Fsp3) is 0.308. The highest BCUT2D eigenvalue weighted by Crippen LogP contribution is 2.24. The maximum Gasteiger partial charge on any atom is 0.422 e. The van der Waals surface area contributed by atoms with Crippen molar-refractivity contribution in [3.05, 3.63) is 28.2 Å². The Morgan fingerprint density at radius 1 is 1.17 bits per heavy atom. The molecule has 1 aromatic rings. The first kappa shape index (κ1) is 20.5. The zero-order chi connectivity index (χ0) is 18.3. The van der Waals surface area contributed by atoms with Crippen LogP contribution in [0.3, 0.4) is 0 Å². The minimum absolute atomic E-state index is 0.0675. The number of esters is 1. The van der Waals surface area contributed by atoms with Crippen LogP contribution >= 0.6 is 35.4 Å². The van der Waals surface area contributed by atoms with Crippen molar-refractivity contribution in [2.24, 2.45) is 0 Å². The zero-order valence-electron chi connectivity index (χ0n) is 11.9. The monoisotopic (exact) mass is 402 g/mol. The van der Waals surface area contributed by atoms with Gasteiger partial charge in [-0.15, -0.1) is 0 Å². The molecule has 0 spiro atoms. The van der Waals surface area contributed by atoms with Crippen LogP contribution in [-0.4, -0.2) is 29.8 Å². The van der Waals surface area contributed by atoms with Crippen molar-refractivity contribution in [3.8, 4) is 0 Å². The van der Waals surface area contributed by atoms with Gasteiger partial charge in [0.05, 0.1) is 16.5 Å². The van der Waals surface area contributed by atoms with Crippen molar-refractivity contribution < 1.29 is 27.5 Å². The molecule has 0 radical (unpaired) electrons. The van der Waals surface area contributed by atoms with Crippen LogP contribution < -0.4 is 10.6 Å². The van der Waals surface area contributed by atoms with Crippen LogP contribution in [0.15, 0.2) is 18.2 Å². The Kier molecular flexibility index (Phi) is 7.71. The fourth-order valence-electron chi connectivity index (χ4n) is 1.38. The van der Waals surface area contributed by atoms with Crippen molar-refractivity contribution >= 4 is 58.1 Å². The van der Waals surface area contributed by atoms with Crippen molar-refractivity contribution in [2.45, 2.75) is 19.0 Å². The number of anilines is 1. The summed E-state index contributed by atoms with van der Waals surface area (Å²) >= 11 is 16.4. The van der Waals surface area contributed by atoms with Crippen molar-refractivity contribution in [2.75, 3.05) is 11.9 Å². The van der Waals surface area contributed by atoms with E-state index in [0.29, 0.717) is 10.7 Å². The Bertz CT molecular complexity index is 641. The number of carbonyl (C=O) groups excluding carboxylic acids is 2. The van der Waals surface area contributed by atoms with Crippen molar-refractivity contribution in [3.63, 3.8) is 0 Å². The van der Waals surface area contributed by atoms with Gasteiger partial charge < -0.3 is 15.4 Å². The largest absolute Gasteiger partial charge is 0.456 e. The topological polar surface area (TPSA) is 67.4 Å². The Morgan fingerprint density at radius 3 is 2.42 bits per heavy atom. The van der Waals surface area contributed by atoms with E-state index < -0.39 is 31.1 Å². The molecule has 0 atom stereocenters. The van der Waals surface area contributed by atoms with E-state index in [0.717, 1.165) is 0 Å². The van der Waals surface area contributed by atoms with E-state index in [9.17, 15) is 22.8 Å². The van der Waals surface area contributed by atoms with Gasteiger partial charge in [-0.05, 0) is 30.4 Å². The van der Waals surface area contributed by atoms with Crippen LogP contribution in [0.5, 0.6) is 0 Å². The Balaban J connectivity index is 2.35. The Hall–Kier alpha value is -1.58. The number of nitrogens with one attached hydrogen (secondary N) is 2. The molecule has 0 heterocycles. The number of carbonyl (C=O) groups is 2. The highest BCUT2D eigenvalue weighted by atomic mass is 35.5. The molecule has 1 rings (SSSR count). The summed E-state index contributed by atoms with van der Waals surface area (Å²) in [6.07, 6.45) is -5.49. The molecule has 24 heavy (non-hydrogen) atoms. The molecule has 132 valence electrons. The van der Waals surface area contributed by atoms with E-state index >= 15 is 0 Å². The molecule has 0 saturated carbocycles. The SMILES string of the molecule is O=C(CCC(=O)OCC(F)(F)F)NC(=S)Nc1ccc(Cl)c(Cl)c1.